The summed E-state index contributed by atoms with van der Waals surface area (Å²) < 4.78 is 0. The van der Waals surface area contributed by atoms with Crippen LogP contribution >= 0.6 is 0 Å². The van der Waals surface area contributed by atoms with Crippen LogP contribution in [0.1, 0.15) is 16.7 Å². The number of nitrogens with zero attached hydrogens (tertiary/aromatic N) is 1. The Kier molecular flexibility index (Phi) is 5.88. The van der Waals surface area contributed by atoms with Gasteiger partial charge in [-0.1, -0.05) is 42.5 Å². The molecule has 4 rings (SSSR count). The van der Waals surface area contributed by atoms with Gasteiger partial charge in [-0.15, -0.1) is 0 Å². The lowest BCUT2D eigenvalue weighted by molar-refractivity contribution is -0.139. The first kappa shape index (κ1) is 20.5. The Labute approximate surface area is 179 Å². The molecule has 0 saturated carbocycles. The van der Waals surface area contributed by atoms with Crippen LogP contribution in [0.5, 0.6) is 0 Å². The number of hydrogen-bond acceptors (Lipinski definition) is 3. The third-order valence-corrected chi connectivity index (χ3v) is 5.59. The number of aliphatic carboxylic acids is 1. The van der Waals surface area contributed by atoms with Gasteiger partial charge in [-0.2, -0.15) is 0 Å². The van der Waals surface area contributed by atoms with Crippen LogP contribution in [-0.2, 0) is 29.0 Å². The number of urea groups is 1. The number of aromatic nitrogens is 1. The molecule has 160 valence electrons. The Hall–Kier alpha value is -3.81. The van der Waals surface area contributed by atoms with Crippen molar-refractivity contribution in [3.63, 3.8) is 0 Å². The predicted molar refractivity (Wildman–Crippen MR) is 116 cm³/mol. The lowest BCUT2D eigenvalue weighted by atomic mass is 10.00. The van der Waals surface area contributed by atoms with E-state index in [2.05, 4.69) is 21.7 Å². The van der Waals surface area contributed by atoms with Gasteiger partial charge in [-0.05, 0) is 29.2 Å². The topological polar surface area (TPSA) is 115 Å². The molecule has 1 atom stereocenters. The molecular formula is C23H24N4O4. The van der Waals surface area contributed by atoms with E-state index in [1.54, 1.807) is 11.1 Å². The average Bonchev–Trinajstić information content (AvgIpc) is 3.19. The zero-order valence-corrected chi connectivity index (χ0v) is 16.9. The zero-order chi connectivity index (χ0) is 21.8. The van der Waals surface area contributed by atoms with E-state index < -0.39 is 18.0 Å². The van der Waals surface area contributed by atoms with Crippen LogP contribution in [0.25, 0.3) is 10.9 Å². The van der Waals surface area contributed by atoms with Crippen molar-refractivity contribution in [1.82, 2.24) is 20.5 Å². The molecule has 8 heteroatoms. The highest BCUT2D eigenvalue weighted by Gasteiger charge is 2.24. The molecule has 1 aliphatic rings. The molecule has 0 unspecified atom stereocenters. The molecule has 2 heterocycles. The van der Waals surface area contributed by atoms with Crippen LogP contribution in [0, 0.1) is 0 Å². The summed E-state index contributed by atoms with van der Waals surface area (Å²) in [5.74, 6) is -1.34. The molecule has 0 fully saturated rings. The Morgan fingerprint density at radius 1 is 1.06 bits per heavy atom. The van der Waals surface area contributed by atoms with Crippen LogP contribution in [-0.4, -0.2) is 52.0 Å². The van der Waals surface area contributed by atoms with E-state index in [9.17, 15) is 19.5 Å². The van der Waals surface area contributed by atoms with Crippen molar-refractivity contribution >= 4 is 28.8 Å². The quantitative estimate of drug-likeness (QED) is 0.489. The number of carbonyl (C=O) groups excluding carboxylic acids is 2. The molecule has 0 aliphatic carbocycles. The van der Waals surface area contributed by atoms with E-state index in [1.807, 2.05) is 42.5 Å². The fourth-order valence-corrected chi connectivity index (χ4v) is 3.91. The maximum Gasteiger partial charge on any atom is 0.326 e. The second-order valence-corrected chi connectivity index (χ2v) is 7.62. The van der Waals surface area contributed by atoms with Crippen molar-refractivity contribution in [1.29, 1.82) is 0 Å². The number of amides is 3. The monoisotopic (exact) mass is 420 g/mol. The van der Waals surface area contributed by atoms with Gasteiger partial charge < -0.3 is 25.6 Å². The Balaban J connectivity index is 1.31. The molecule has 2 aromatic carbocycles. The summed E-state index contributed by atoms with van der Waals surface area (Å²) in [6.45, 7) is 0.918. The fraction of sp³-hybridized carbons (Fsp3) is 0.261. The Morgan fingerprint density at radius 3 is 2.61 bits per heavy atom. The maximum absolute atomic E-state index is 12.5. The van der Waals surface area contributed by atoms with Crippen LogP contribution in [0.15, 0.2) is 54.7 Å². The third kappa shape index (κ3) is 4.69. The van der Waals surface area contributed by atoms with E-state index in [4.69, 9.17) is 0 Å². The largest absolute Gasteiger partial charge is 0.480 e. The number of benzene rings is 2. The molecule has 3 amide bonds. The summed E-state index contributed by atoms with van der Waals surface area (Å²) in [6, 6.07) is 13.7. The van der Waals surface area contributed by atoms with Gasteiger partial charge in [0.15, 0.2) is 0 Å². The number of para-hydroxylation sites is 1. The van der Waals surface area contributed by atoms with Gasteiger partial charge >= 0.3 is 12.0 Å². The average molecular weight is 420 g/mol. The zero-order valence-electron chi connectivity index (χ0n) is 16.9. The fourth-order valence-electron chi connectivity index (χ4n) is 3.91. The van der Waals surface area contributed by atoms with Gasteiger partial charge in [0.25, 0.3) is 0 Å². The molecule has 1 aromatic heterocycles. The Bertz CT molecular complexity index is 1120. The van der Waals surface area contributed by atoms with Crippen molar-refractivity contribution in [3.8, 4) is 0 Å². The standard InChI is InChI=1S/C23H24N4O4/c28-21(27-10-9-15-5-1-2-6-16(15)14-27)13-25-23(31)26-20(22(29)30)11-17-12-24-19-8-4-3-7-18(17)19/h1-8,12,20,24H,9-11,13-14H2,(H,29,30)(H2,25,26,31)/t20-/m1/s1. The van der Waals surface area contributed by atoms with Gasteiger partial charge in [-0.25, -0.2) is 9.59 Å². The highest BCUT2D eigenvalue weighted by atomic mass is 16.4. The van der Waals surface area contributed by atoms with Crippen molar-refractivity contribution in [3.05, 3.63) is 71.4 Å². The number of fused-ring (bicyclic) bond motifs is 2. The van der Waals surface area contributed by atoms with Gasteiger partial charge in [0.1, 0.15) is 6.04 Å². The summed E-state index contributed by atoms with van der Waals surface area (Å²) in [6.07, 6.45) is 2.65. The molecule has 1 aliphatic heterocycles. The van der Waals surface area contributed by atoms with Crippen LogP contribution < -0.4 is 10.6 Å². The third-order valence-electron chi connectivity index (χ3n) is 5.59. The van der Waals surface area contributed by atoms with E-state index in [1.165, 1.54) is 5.56 Å². The number of carbonyl (C=O) groups is 3. The highest BCUT2D eigenvalue weighted by Crippen LogP contribution is 2.20. The van der Waals surface area contributed by atoms with E-state index >= 15 is 0 Å². The van der Waals surface area contributed by atoms with Gasteiger partial charge in [-0.3, -0.25) is 4.79 Å². The molecule has 0 bridgehead atoms. The first-order valence-electron chi connectivity index (χ1n) is 10.2. The smallest absolute Gasteiger partial charge is 0.326 e. The summed E-state index contributed by atoms with van der Waals surface area (Å²) in [5, 5.41) is 15.4. The summed E-state index contributed by atoms with van der Waals surface area (Å²) in [5.41, 5.74) is 4.04. The molecule has 31 heavy (non-hydrogen) atoms. The number of nitrogens with one attached hydrogen (secondary N) is 3. The van der Waals surface area contributed by atoms with Crippen LogP contribution in [0.2, 0.25) is 0 Å². The van der Waals surface area contributed by atoms with Gasteiger partial charge in [0.05, 0.1) is 6.54 Å². The minimum Gasteiger partial charge on any atom is -0.480 e. The minimum absolute atomic E-state index is 0.129. The van der Waals surface area contributed by atoms with Crippen molar-refractivity contribution in [2.75, 3.05) is 13.1 Å². The highest BCUT2D eigenvalue weighted by molar-refractivity contribution is 5.88. The van der Waals surface area contributed by atoms with Crippen molar-refractivity contribution < 1.29 is 19.5 Å². The number of carboxylic acids is 1. The van der Waals surface area contributed by atoms with Crippen LogP contribution in [0.4, 0.5) is 4.79 Å². The second kappa shape index (κ2) is 8.91. The SMILES string of the molecule is O=C(NCC(=O)N1CCc2ccccc2C1)N[C@H](Cc1c[nH]c2ccccc12)C(=O)O. The number of hydrogen-bond donors (Lipinski definition) is 4. The van der Waals surface area contributed by atoms with Gasteiger partial charge in [0.2, 0.25) is 5.91 Å². The molecule has 0 spiro atoms. The number of rotatable bonds is 6. The predicted octanol–water partition coefficient (Wildman–Crippen LogP) is 2.05. The van der Waals surface area contributed by atoms with Crippen molar-refractivity contribution in [2.24, 2.45) is 0 Å². The second-order valence-electron chi connectivity index (χ2n) is 7.62. The summed E-state index contributed by atoms with van der Waals surface area (Å²) in [7, 11) is 0. The first-order chi connectivity index (χ1) is 15.0. The first-order valence-corrected chi connectivity index (χ1v) is 10.2. The van der Waals surface area contributed by atoms with Gasteiger partial charge in [0, 0.05) is 36.6 Å². The molecule has 0 saturated heterocycles. The van der Waals surface area contributed by atoms with E-state index in [0.29, 0.717) is 13.1 Å². The minimum atomic E-state index is -1.14. The maximum atomic E-state index is 12.5. The number of H-pyrrole nitrogens is 1. The molecular weight excluding hydrogens is 396 g/mol. The summed E-state index contributed by atoms with van der Waals surface area (Å²) in [4.78, 5) is 41.2. The van der Waals surface area contributed by atoms with Crippen LogP contribution in [0.3, 0.4) is 0 Å². The molecule has 4 N–H and O–H groups in total. The Morgan fingerprint density at radius 2 is 1.81 bits per heavy atom. The lowest BCUT2D eigenvalue weighted by Gasteiger charge is -2.29. The molecule has 8 nitrogen and oxygen atoms in total. The van der Waals surface area contributed by atoms with E-state index in [0.717, 1.165) is 28.5 Å². The normalized spacial score (nSPS) is 14.0. The van der Waals surface area contributed by atoms with Crippen molar-refractivity contribution in [2.45, 2.75) is 25.4 Å². The molecule has 3 aromatic rings. The summed E-state index contributed by atoms with van der Waals surface area (Å²) >= 11 is 0. The lowest BCUT2D eigenvalue weighted by Crippen LogP contribution is -2.50. The number of carboxylic acid groups (broad SMARTS) is 1. The number of aromatic amines is 1. The van der Waals surface area contributed by atoms with E-state index in [-0.39, 0.29) is 18.9 Å². The molecule has 0 radical (unpaired) electrons.